The number of nitrogens with zero attached hydrogens (tertiary/aromatic N) is 1. The van der Waals surface area contributed by atoms with E-state index in [2.05, 4.69) is 18.7 Å². The molecule has 3 heteroatoms. The SMILES string of the molecule is CC1C(C(=O)O)CCN1C(C)C12CC3CC(CC(C3)C1)C2. The second kappa shape index (κ2) is 4.71. The van der Waals surface area contributed by atoms with Gasteiger partial charge in [0.15, 0.2) is 0 Å². The van der Waals surface area contributed by atoms with Crippen LogP contribution in [0.25, 0.3) is 0 Å². The molecule has 21 heavy (non-hydrogen) atoms. The zero-order valence-corrected chi connectivity index (χ0v) is 13.4. The van der Waals surface area contributed by atoms with Gasteiger partial charge in [0.25, 0.3) is 0 Å². The molecule has 0 aromatic rings. The van der Waals surface area contributed by atoms with E-state index < -0.39 is 5.97 Å². The van der Waals surface area contributed by atoms with E-state index >= 15 is 0 Å². The Hall–Kier alpha value is -0.570. The van der Waals surface area contributed by atoms with Crippen molar-refractivity contribution in [2.45, 2.75) is 70.9 Å². The topological polar surface area (TPSA) is 40.5 Å². The second-order valence-electron chi connectivity index (χ2n) is 8.67. The van der Waals surface area contributed by atoms with E-state index in [-0.39, 0.29) is 12.0 Å². The lowest BCUT2D eigenvalue weighted by Crippen LogP contribution is -2.56. The van der Waals surface area contributed by atoms with Gasteiger partial charge in [0.1, 0.15) is 0 Å². The zero-order chi connectivity index (χ0) is 14.8. The highest BCUT2D eigenvalue weighted by molar-refractivity contribution is 5.71. The summed E-state index contributed by atoms with van der Waals surface area (Å²) in [6.07, 6.45) is 9.55. The van der Waals surface area contributed by atoms with Crippen LogP contribution >= 0.6 is 0 Å². The fourth-order valence-electron chi connectivity index (χ4n) is 6.88. The molecule has 3 atom stereocenters. The molecule has 0 aromatic carbocycles. The highest BCUT2D eigenvalue weighted by Gasteiger charge is 2.55. The Bertz CT molecular complexity index is 411. The first-order chi connectivity index (χ1) is 9.98. The van der Waals surface area contributed by atoms with Gasteiger partial charge >= 0.3 is 5.97 Å². The molecule has 4 bridgehead atoms. The summed E-state index contributed by atoms with van der Waals surface area (Å²) in [6, 6.07) is 0.788. The van der Waals surface area contributed by atoms with Gasteiger partial charge in [0, 0.05) is 12.1 Å². The molecular weight excluding hydrogens is 262 g/mol. The monoisotopic (exact) mass is 291 g/mol. The Balaban J connectivity index is 1.55. The Labute approximate surface area is 128 Å². The average molecular weight is 291 g/mol. The maximum atomic E-state index is 11.4. The van der Waals surface area contributed by atoms with Crippen molar-refractivity contribution in [2.75, 3.05) is 6.54 Å². The number of hydrogen-bond acceptors (Lipinski definition) is 2. The maximum Gasteiger partial charge on any atom is 0.308 e. The van der Waals surface area contributed by atoms with Crippen LogP contribution in [0.1, 0.15) is 58.8 Å². The summed E-state index contributed by atoms with van der Waals surface area (Å²) in [5.74, 6) is 2.19. The van der Waals surface area contributed by atoms with E-state index in [1.165, 1.54) is 38.5 Å². The molecule has 0 spiro atoms. The molecule has 5 rings (SSSR count). The lowest BCUT2D eigenvalue weighted by molar-refractivity contribution is -0.143. The molecule has 1 saturated heterocycles. The minimum Gasteiger partial charge on any atom is -0.481 e. The minimum absolute atomic E-state index is 0.152. The van der Waals surface area contributed by atoms with Crippen LogP contribution in [0.3, 0.4) is 0 Å². The molecule has 118 valence electrons. The van der Waals surface area contributed by atoms with E-state index in [4.69, 9.17) is 0 Å². The van der Waals surface area contributed by atoms with Gasteiger partial charge in [-0.2, -0.15) is 0 Å². The van der Waals surface area contributed by atoms with Crippen LogP contribution in [0.15, 0.2) is 0 Å². The zero-order valence-electron chi connectivity index (χ0n) is 13.4. The van der Waals surface area contributed by atoms with Crippen molar-refractivity contribution in [3.8, 4) is 0 Å². The molecule has 1 aliphatic heterocycles. The van der Waals surface area contributed by atoms with Crippen LogP contribution in [-0.4, -0.2) is 34.6 Å². The third-order valence-corrected chi connectivity index (χ3v) is 7.59. The normalized spacial score (nSPS) is 50.5. The van der Waals surface area contributed by atoms with Gasteiger partial charge in [-0.15, -0.1) is 0 Å². The van der Waals surface area contributed by atoms with Gasteiger partial charge in [-0.1, -0.05) is 0 Å². The molecular formula is C18H29NO2. The lowest BCUT2D eigenvalue weighted by atomic mass is 9.47. The molecule has 4 saturated carbocycles. The number of carboxylic acid groups (broad SMARTS) is 1. The van der Waals surface area contributed by atoms with Gasteiger partial charge in [-0.25, -0.2) is 0 Å². The summed E-state index contributed by atoms with van der Waals surface area (Å²) in [4.78, 5) is 13.9. The highest BCUT2D eigenvalue weighted by Crippen LogP contribution is 2.62. The first kappa shape index (κ1) is 14.0. The third-order valence-electron chi connectivity index (χ3n) is 7.59. The summed E-state index contributed by atoms with van der Waals surface area (Å²) >= 11 is 0. The van der Waals surface area contributed by atoms with Crippen LogP contribution in [0.4, 0.5) is 0 Å². The third kappa shape index (κ3) is 2.07. The number of carbonyl (C=O) groups is 1. The average Bonchev–Trinajstić information content (AvgIpc) is 2.78. The first-order valence-electron chi connectivity index (χ1n) is 8.97. The van der Waals surface area contributed by atoms with Gasteiger partial charge in [0.2, 0.25) is 0 Å². The summed E-state index contributed by atoms with van der Waals surface area (Å²) in [5.41, 5.74) is 0.510. The lowest BCUT2D eigenvalue weighted by Gasteiger charge is -2.60. The van der Waals surface area contributed by atoms with Crippen molar-refractivity contribution < 1.29 is 9.90 Å². The Morgan fingerprint density at radius 2 is 1.67 bits per heavy atom. The smallest absolute Gasteiger partial charge is 0.308 e. The molecule has 1 N–H and O–H groups in total. The number of rotatable bonds is 3. The van der Waals surface area contributed by atoms with Gasteiger partial charge in [-0.3, -0.25) is 9.69 Å². The van der Waals surface area contributed by atoms with Gasteiger partial charge in [0.05, 0.1) is 5.92 Å². The van der Waals surface area contributed by atoms with E-state index in [1.54, 1.807) is 0 Å². The number of carboxylic acids is 1. The summed E-state index contributed by atoms with van der Waals surface area (Å²) in [5, 5.41) is 9.39. The van der Waals surface area contributed by atoms with Crippen molar-refractivity contribution in [3.05, 3.63) is 0 Å². The number of likely N-dealkylation sites (tertiary alicyclic amines) is 1. The van der Waals surface area contributed by atoms with Crippen LogP contribution in [0.5, 0.6) is 0 Å². The highest BCUT2D eigenvalue weighted by atomic mass is 16.4. The van der Waals surface area contributed by atoms with E-state index in [1.807, 2.05) is 0 Å². The van der Waals surface area contributed by atoms with Gasteiger partial charge in [-0.05, 0) is 88.5 Å². The maximum absolute atomic E-state index is 11.4. The number of aliphatic carboxylic acids is 1. The Morgan fingerprint density at radius 1 is 1.14 bits per heavy atom. The molecule has 3 nitrogen and oxygen atoms in total. The summed E-state index contributed by atoms with van der Waals surface area (Å²) in [6.45, 7) is 5.54. The molecule has 0 aromatic heterocycles. The van der Waals surface area contributed by atoms with Crippen molar-refractivity contribution in [3.63, 3.8) is 0 Å². The van der Waals surface area contributed by atoms with Crippen molar-refractivity contribution in [1.29, 1.82) is 0 Å². The number of hydrogen-bond donors (Lipinski definition) is 1. The molecule has 5 aliphatic rings. The molecule has 0 amide bonds. The van der Waals surface area contributed by atoms with E-state index in [9.17, 15) is 9.90 Å². The van der Waals surface area contributed by atoms with Crippen LogP contribution in [0.2, 0.25) is 0 Å². The predicted molar refractivity (Wildman–Crippen MR) is 82.0 cm³/mol. The standard InChI is InChI=1S/C18H29NO2/c1-11-16(17(20)21)3-4-19(11)12(2)18-8-13-5-14(9-18)7-15(6-13)10-18/h11-16H,3-10H2,1-2H3,(H,20,21). The Kier molecular flexibility index (Phi) is 3.15. The quantitative estimate of drug-likeness (QED) is 0.866. The molecule has 1 heterocycles. The van der Waals surface area contributed by atoms with Gasteiger partial charge < -0.3 is 5.11 Å². The van der Waals surface area contributed by atoms with Crippen LogP contribution in [-0.2, 0) is 4.79 Å². The molecule has 0 radical (unpaired) electrons. The van der Waals surface area contributed by atoms with Crippen LogP contribution in [0, 0.1) is 29.1 Å². The van der Waals surface area contributed by atoms with Crippen molar-refractivity contribution >= 4 is 5.97 Å². The fraction of sp³-hybridized carbons (Fsp3) is 0.944. The summed E-state index contributed by atoms with van der Waals surface area (Å²) in [7, 11) is 0. The summed E-state index contributed by atoms with van der Waals surface area (Å²) < 4.78 is 0. The van der Waals surface area contributed by atoms with Crippen LogP contribution < -0.4 is 0 Å². The minimum atomic E-state index is -0.595. The van der Waals surface area contributed by atoms with E-state index in [0.717, 1.165) is 30.7 Å². The molecule has 3 unspecified atom stereocenters. The van der Waals surface area contributed by atoms with Crippen molar-refractivity contribution in [2.24, 2.45) is 29.1 Å². The first-order valence-corrected chi connectivity index (χ1v) is 8.97. The Morgan fingerprint density at radius 3 is 2.10 bits per heavy atom. The predicted octanol–water partition coefficient (Wildman–Crippen LogP) is 3.39. The molecule has 5 fully saturated rings. The largest absolute Gasteiger partial charge is 0.481 e. The fourth-order valence-corrected chi connectivity index (χ4v) is 6.88. The van der Waals surface area contributed by atoms with Crippen molar-refractivity contribution in [1.82, 2.24) is 4.90 Å². The molecule has 4 aliphatic carbocycles. The van der Waals surface area contributed by atoms with E-state index in [0.29, 0.717) is 11.5 Å². The second-order valence-corrected chi connectivity index (χ2v) is 8.67.